The molecule has 6 nitrogen and oxygen atoms in total. The number of hydrogen-bond acceptors (Lipinski definition) is 6. The number of phenols is 2. The van der Waals surface area contributed by atoms with Crippen molar-refractivity contribution < 1.29 is 29.2 Å². The van der Waals surface area contributed by atoms with Crippen LogP contribution >= 0.6 is 0 Å². The highest BCUT2D eigenvalue weighted by Crippen LogP contribution is 2.61. The van der Waals surface area contributed by atoms with E-state index in [-0.39, 0.29) is 16.7 Å². The van der Waals surface area contributed by atoms with E-state index in [9.17, 15) is 10.2 Å². The lowest BCUT2D eigenvalue weighted by Gasteiger charge is -2.31. The Kier molecular flexibility index (Phi) is 15.8. The fraction of sp³-hybridized carbons (Fsp3) is 0.306. The summed E-state index contributed by atoms with van der Waals surface area (Å²) in [4.78, 5) is 0. The first-order valence-corrected chi connectivity index (χ1v) is 27.5. The molecule has 0 aromatic heterocycles. The van der Waals surface area contributed by atoms with E-state index in [1.54, 1.807) is 0 Å². The SMILES string of the molecule is CC(C)(C)c1cc(/C=C2/c3cc(OCc4ccccc4)cc(OCc4ccccc4)c3[C@@H](c3cc(C(C)(C)C)c(O)c(C(C)(C)C)c3)[C@@H]2c2cc(OCc3ccccc3)cc(OCc3ccccc3)c2)cc(C(C)(C)C)c1O. The van der Waals surface area contributed by atoms with Crippen LogP contribution in [0.3, 0.4) is 0 Å². The summed E-state index contributed by atoms with van der Waals surface area (Å²) in [6, 6.07) is 60.4. The molecule has 6 heteroatoms. The largest absolute Gasteiger partial charge is 0.507 e. The van der Waals surface area contributed by atoms with E-state index in [4.69, 9.17) is 18.9 Å². The molecule has 402 valence electrons. The zero-order valence-corrected chi connectivity index (χ0v) is 47.8. The number of benzene rings is 8. The number of aromatic hydroxyl groups is 2. The average molecular weight is 1040 g/mol. The predicted octanol–water partition coefficient (Wildman–Crippen LogP) is 18.1. The highest BCUT2D eigenvalue weighted by Gasteiger charge is 2.44. The van der Waals surface area contributed by atoms with Gasteiger partial charge in [-0.15, -0.1) is 0 Å². The van der Waals surface area contributed by atoms with Gasteiger partial charge in [0.1, 0.15) is 60.9 Å². The van der Waals surface area contributed by atoms with E-state index in [1.807, 2.05) is 78.9 Å². The maximum atomic E-state index is 12.4. The van der Waals surface area contributed by atoms with Crippen molar-refractivity contribution >= 4 is 11.6 Å². The Morgan fingerprint density at radius 3 is 1.08 bits per heavy atom. The van der Waals surface area contributed by atoms with Crippen LogP contribution in [0.4, 0.5) is 0 Å². The Hall–Kier alpha value is -7.70. The molecule has 9 rings (SSSR count). The van der Waals surface area contributed by atoms with Gasteiger partial charge in [0.25, 0.3) is 0 Å². The molecule has 2 atom stereocenters. The highest BCUT2D eigenvalue weighted by atomic mass is 16.5. The van der Waals surface area contributed by atoms with Gasteiger partial charge < -0.3 is 29.2 Å². The third-order valence-electron chi connectivity index (χ3n) is 14.8. The molecular weight excluding hydrogens is 961 g/mol. The first-order valence-electron chi connectivity index (χ1n) is 27.5. The summed E-state index contributed by atoms with van der Waals surface area (Å²) in [5.74, 6) is 2.59. The molecule has 0 bridgehead atoms. The number of allylic oxidation sites excluding steroid dienone is 1. The van der Waals surface area contributed by atoms with Crippen molar-refractivity contribution in [1.82, 2.24) is 0 Å². The van der Waals surface area contributed by atoms with Gasteiger partial charge >= 0.3 is 0 Å². The minimum atomic E-state index is -0.417. The molecule has 0 saturated carbocycles. The Labute approximate surface area is 464 Å². The molecule has 0 fully saturated rings. The van der Waals surface area contributed by atoms with Crippen molar-refractivity contribution in [2.24, 2.45) is 0 Å². The zero-order valence-electron chi connectivity index (χ0n) is 47.8. The summed E-state index contributed by atoms with van der Waals surface area (Å²) in [7, 11) is 0. The van der Waals surface area contributed by atoms with E-state index in [0.717, 1.165) is 77.9 Å². The molecule has 8 aromatic rings. The van der Waals surface area contributed by atoms with Gasteiger partial charge in [-0.3, -0.25) is 0 Å². The van der Waals surface area contributed by atoms with Gasteiger partial charge in [-0.2, -0.15) is 0 Å². The van der Waals surface area contributed by atoms with E-state index < -0.39 is 16.7 Å². The van der Waals surface area contributed by atoms with Crippen molar-refractivity contribution in [3.63, 3.8) is 0 Å². The minimum absolute atomic E-state index is 0.316. The molecule has 0 heterocycles. The topological polar surface area (TPSA) is 77.4 Å². The van der Waals surface area contributed by atoms with Crippen molar-refractivity contribution in [3.8, 4) is 34.5 Å². The normalized spacial score (nSPS) is 15.3. The van der Waals surface area contributed by atoms with Crippen LogP contribution in [0, 0.1) is 0 Å². The first kappa shape index (κ1) is 55.1. The van der Waals surface area contributed by atoms with Crippen LogP contribution < -0.4 is 18.9 Å². The van der Waals surface area contributed by atoms with Crippen LogP contribution in [0.2, 0.25) is 0 Å². The Morgan fingerprint density at radius 2 is 0.705 bits per heavy atom. The second-order valence-electron chi connectivity index (χ2n) is 25.2. The molecule has 0 unspecified atom stereocenters. The number of fused-ring (bicyclic) bond motifs is 1. The molecule has 1 aliphatic rings. The second-order valence-corrected chi connectivity index (χ2v) is 25.2. The third kappa shape index (κ3) is 12.7. The number of hydrogen-bond donors (Lipinski definition) is 2. The maximum absolute atomic E-state index is 12.4. The molecule has 0 aliphatic heterocycles. The first-order chi connectivity index (χ1) is 37.0. The summed E-state index contributed by atoms with van der Waals surface area (Å²) >= 11 is 0. The lowest BCUT2D eigenvalue weighted by Crippen LogP contribution is -2.19. The highest BCUT2D eigenvalue weighted by molar-refractivity contribution is 5.94. The van der Waals surface area contributed by atoms with Crippen LogP contribution in [-0.4, -0.2) is 10.2 Å². The molecular formula is C72H78O6. The van der Waals surface area contributed by atoms with Crippen LogP contribution in [-0.2, 0) is 48.1 Å². The smallest absolute Gasteiger partial charge is 0.127 e. The number of phenolic OH excluding ortho intramolecular Hbond substituents is 2. The minimum Gasteiger partial charge on any atom is -0.507 e. The average Bonchev–Trinajstić information content (AvgIpc) is 3.86. The molecule has 0 spiro atoms. The van der Waals surface area contributed by atoms with Crippen LogP contribution in [0.1, 0.15) is 167 Å². The van der Waals surface area contributed by atoms with Gasteiger partial charge in [-0.25, -0.2) is 0 Å². The standard InChI is InChI=1S/C72H78O6/c1-69(2,3)59-34-51(35-60(67(59)73)70(4,5)6)33-57-58-41-56(77-45-49-29-21-15-22-30-49)42-63(78-46-50-31-23-16-24-32-50)66(58)65(53-38-61(71(7,8)9)68(74)62(39-53)72(10,11)12)64(57)52-36-54(75-43-47-25-17-13-18-26-47)40-55(37-52)76-44-48-27-19-14-20-28-48/h13-42,64-65,73-74H,43-46H2,1-12H3/b57-33-/t64-,65+/m1/s1. The lowest BCUT2D eigenvalue weighted by molar-refractivity contribution is 0.287. The fourth-order valence-corrected chi connectivity index (χ4v) is 10.7. The second kappa shape index (κ2) is 22.3. The van der Waals surface area contributed by atoms with E-state index in [2.05, 4.69) is 186 Å². The molecule has 0 amide bonds. The van der Waals surface area contributed by atoms with Crippen LogP contribution in [0.15, 0.2) is 176 Å². The van der Waals surface area contributed by atoms with Gasteiger partial charge in [0.2, 0.25) is 0 Å². The predicted molar refractivity (Wildman–Crippen MR) is 319 cm³/mol. The quantitative estimate of drug-likeness (QED) is 0.107. The van der Waals surface area contributed by atoms with Crippen LogP contribution in [0.25, 0.3) is 11.6 Å². The fourth-order valence-electron chi connectivity index (χ4n) is 10.7. The van der Waals surface area contributed by atoms with Crippen molar-refractivity contribution in [1.29, 1.82) is 0 Å². The van der Waals surface area contributed by atoms with Crippen LogP contribution in [0.5, 0.6) is 34.5 Å². The maximum Gasteiger partial charge on any atom is 0.127 e. The molecule has 1 aliphatic carbocycles. The Balaban J connectivity index is 1.39. The van der Waals surface area contributed by atoms with E-state index in [1.165, 1.54) is 0 Å². The molecule has 8 aromatic carbocycles. The molecule has 2 N–H and O–H groups in total. The summed E-state index contributed by atoms with van der Waals surface area (Å²) in [5.41, 5.74) is 12.1. The van der Waals surface area contributed by atoms with Crippen molar-refractivity contribution in [2.45, 2.75) is 143 Å². The van der Waals surface area contributed by atoms with Gasteiger partial charge in [0, 0.05) is 40.7 Å². The van der Waals surface area contributed by atoms with Gasteiger partial charge in [-0.05, 0) is 113 Å². The van der Waals surface area contributed by atoms with Crippen molar-refractivity contribution in [3.05, 3.63) is 248 Å². The van der Waals surface area contributed by atoms with Crippen molar-refractivity contribution in [2.75, 3.05) is 0 Å². The Morgan fingerprint density at radius 1 is 0.372 bits per heavy atom. The summed E-state index contributed by atoms with van der Waals surface area (Å²) in [5, 5.41) is 24.5. The lowest BCUT2D eigenvalue weighted by atomic mass is 9.73. The van der Waals surface area contributed by atoms with E-state index >= 15 is 0 Å². The van der Waals surface area contributed by atoms with Gasteiger partial charge in [0.05, 0.1) is 0 Å². The number of ether oxygens (including phenoxy) is 4. The summed E-state index contributed by atoms with van der Waals surface area (Å²) in [6.45, 7) is 27.4. The van der Waals surface area contributed by atoms with Gasteiger partial charge in [0.15, 0.2) is 0 Å². The van der Waals surface area contributed by atoms with Gasteiger partial charge in [-0.1, -0.05) is 223 Å². The monoisotopic (exact) mass is 1040 g/mol. The number of rotatable bonds is 15. The Bertz CT molecular complexity index is 3250. The molecule has 78 heavy (non-hydrogen) atoms. The third-order valence-corrected chi connectivity index (χ3v) is 14.8. The summed E-state index contributed by atoms with van der Waals surface area (Å²) in [6.07, 6.45) is 2.33. The molecule has 0 saturated heterocycles. The molecule has 0 radical (unpaired) electrons. The van der Waals surface area contributed by atoms with E-state index in [0.29, 0.717) is 60.9 Å². The summed E-state index contributed by atoms with van der Waals surface area (Å²) < 4.78 is 27.7. The zero-order chi connectivity index (χ0) is 55.6.